The average molecular weight is 295 g/mol. The molecule has 1 aromatic rings. The van der Waals surface area contributed by atoms with Crippen LogP contribution in [0.2, 0.25) is 0 Å². The summed E-state index contributed by atoms with van der Waals surface area (Å²) in [6, 6.07) is 1.94. The summed E-state index contributed by atoms with van der Waals surface area (Å²) < 4.78 is 11.1. The van der Waals surface area contributed by atoms with Gasteiger partial charge < -0.3 is 14.6 Å². The number of rotatable bonds is 7. The van der Waals surface area contributed by atoms with Gasteiger partial charge in [0.1, 0.15) is 0 Å². The molecule has 1 rings (SSSR count). The van der Waals surface area contributed by atoms with E-state index in [0.29, 0.717) is 26.2 Å². The van der Waals surface area contributed by atoms with E-state index in [2.05, 4.69) is 15.9 Å². The first-order chi connectivity index (χ1) is 7.25. The molecule has 0 aromatic carbocycles. The Morgan fingerprint density at radius 2 is 2.27 bits per heavy atom. The number of thiophene rings is 1. The van der Waals surface area contributed by atoms with Crippen molar-refractivity contribution in [3.63, 3.8) is 0 Å². The van der Waals surface area contributed by atoms with Gasteiger partial charge in [-0.1, -0.05) is 0 Å². The monoisotopic (exact) mass is 294 g/mol. The molecular weight excluding hydrogens is 280 g/mol. The second kappa shape index (κ2) is 7.35. The number of ether oxygens (including phenoxy) is 2. The Labute approximate surface area is 102 Å². The first kappa shape index (κ1) is 13.1. The number of aliphatic hydroxyl groups excluding tert-OH is 1. The second-order valence-electron chi connectivity index (χ2n) is 3.04. The predicted molar refractivity (Wildman–Crippen MR) is 64.3 cm³/mol. The molecule has 0 aliphatic carbocycles. The van der Waals surface area contributed by atoms with Crippen LogP contribution in [0.4, 0.5) is 0 Å². The summed E-state index contributed by atoms with van der Waals surface area (Å²) >= 11 is 4.94. The first-order valence-corrected chi connectivity index (χ1v) is 6.40. The van der Waals surface area contributed by atoms with Gasteiger partial charge in [0.2, 0.25) is 0 Å². The number of halogens is 1. The maximum atomic E-state index is 9.82. The van der Waals surface area contributed by atoms with E-state index in [1.54, 1.807) is 18.4 Å². The van der Waals surface area contributed by atoms with Crippen LogP contribution in [-0.2, 0) is 9.47 Å². The van der Waals surface area contributed by atoms with Gasteiger partial charge in [-0.15, -0.1) is 11.3 Å². The summed E-state index contributed by atoms with van der Waals surface area (Å²) in [5, 5.41) is 11.8. The van der Waals surface area contributed by atoms with Crippen LogP contribution >= 0.6 is 27.3 Å². The maximum absolute atomic E-state index is 9.82. The fourth-order valence-corrected chi connectivity index (χ4v) is 2.77. The standard InChI is InChI=1S/C10H15BrO3S/c1-13-5-6-14-4-2-9(12)10-8(11)3-7-15-10/h3,7,9,12H,2,4-6H2,1H3. The number of aliphatic hydroxyl groups is 1. The molecule has 0 fully saturated rings. The minimum Gasteiger partial charge on any atom is -0.387 e. The van der Waals surface area contributed by atoms with E-state index in [1.165, 1.54) is 0 Å². The van der Waals surface area contributed by atoms with Crippen molar-refractivity contribution in [1.82, 2.24) is 0 Å². The van der Waals surface area contributed by atoms with E-state index in [-0.39, 0.29) is 0 Å². The number of hydrogen-bond acceptors (Lipinski definition) is 4. The Morgan fingerprint density at radius 1 is 1.47 bits per heavy atom. The van der Waals surface area contributed by atoms with E-state index in [0.717, 1.165) is 9.35 Å². The minimum absolute atomic E-state index is 0.443. The van der Waals surface area contributed by atoms with Crippen molar-refractivity contribution in [2.24, 2.45) is 0 Å². The van der Waals surface area contributed by atoms with Crippen LogP contribution in [0.1, 0.15) is 17.4 Å². The lowest BCUT2D eigenvalue weighted by Gasteiger charge is -2.09. The van der Waals surface area contributed by atoms with Crippen molar-refractivity contribution < 1.29 is 14.6 Å². The quantitative estimate of drug-likeness (QED) is 0.786. The molecule has 1 N–H and O–H groups in total. The first-order valence-electron chi connectivity index (χ1n) is 4.73. The smallest absolute Gasteiger partial charge is 0.0915 e. The lowest BCUT2D eigenvalue weighted by atomic mass is 10.2. The van der Waals surface area contributed by atoms with Crippen LogP contribution in [0.5, 0.6) is 0 Å². The molecule has 1 heterocycles. The SMILES string of the molecule is COCCOCCC(O)c1sccc1Br. The Bertz CT molecular complexity index is 277. The Hall–Kier alpha value is 0.0600. The topological polar surface area (TPSA) is 38.7 Å². The van der Waals surface area contributed by atoms with Crippen LogP contribution < -0.4 is 0 Å². The second-order valence-corrected chi connectivity index (χ2v) is 4.84. The van der Waals surface area contributed by atoms with Crippen LogP contribution in [0.25, 0.3) is 0 Å². The molecular formula is C10H15BrO3S. The predicted octanol–water partition coefficient (Wildman–Crippen LogP) is 2.60. The molecule has 15 heavy (non-hydrogen) atoms. The highest BCUT2D eigenvalue weighted by molar-refractivity contribution is 9.10. The molecule has 86 valence electrons. The van der Waals surface area contributed by atoms with Crippen molar-refractivity contribution in [2.75, 3.05) is 26.9 Å². The van der Waals surface area contributed by atoms with Gasteiger partial charge >= 0.3 is 0 Å². The van der Waals surface area contributed by atoms with E-state index < -0.39 is 6.10 Å². The summed E-state index contributed by atoms with van der Waals surface area (Å²) in [7, 11) is 1.64. The van der Waals surface area contributed by atoms with Crippen LogP contribution in [-0.4, -0.2) is 32.0 Å². The Kier molecular flexibility index (Phi) is 6.43. The van der Waals surface area contributed by atoms with Gasteiger partial charge in [-0.05, 0) is 27.4 Å². The third-order valence-corrected chi connectivity index (χ3v) is 3.89. The molecule has 1 aromatic heterocycles. The van der Waals surface area contributed by atoms with Gasteiger partial charge in [0.05, 0.1) is 19.3 Å². The highest BCUT2D eigenvalue weighted by Gasteiger charge is 2.12. The highest BCUT2D eigenvalue weighted by atomic mass is 79.9. The van der Waals surface area contributed by atoms with Crippen LogP contribution in [0, 0.1) is 0 Å². The molecule has 5 heteroatoms. The molecule has 0 saturated carbocycles. The van der Waals surface area contributed by atoms with Gasteiger partial charge in [0, 0.05) is 29.5 Å². The molecule has 0 aliphatic heterocycles. The zero-order valence-corrected chi connectivity index (χ0v) is 11.0. The van der Waals surface area contributed by atoms with Crippen LogP contribution in [0.3, 0.4) is 0 Å². The van der Waals surface area contributed by atoms with Crippen molar-refractivity contribution >= 4 is 27.3 Å². The maximum Gasteiger partial charge on any atom is 0.0915 e. The van der Waals surface area contributed by atoms with Gasteiger partial charge in [0.25, 0.3) is 0 Å². The van der Waals surface area contributed by atoms with Crippen LogP contribution in [0.15, 0.2) is 15.9 Å². The average Bonchev–Trinajstić information content (AvgIpc) is 2.64. The zero-order chi connectivity index (χ0) is 11.1. The van der Waals surface area contributed by atoms with Gasteiger partial charge in [-0.3, -0.25) is 0 Å². The van der Waals surface area contributed by atoms with E-state index in [4.69, 9.17) is 9.47 Å². The largest absolute Gasteiger partial charge is 0.387 e. The summed E-state index contributed by atoms with van der Waals surface area (Å²) in [4.78, 5) is 0.963. The molecule has 0 aliphatic rings. The number of hydrogen-bond donors (Lipinski definition) is 1. The highest BCUT2D eigenvalue weighted by Crippen LogP contribution is 2.30. The minimum atomic E-state index is -0.443. The van der Waals surface area contributed by atoms with E-state index in [1.807, 2.05) is 11.4 Å². The van der Waals surface area contributed by atoms with E-state index >= 15 is 0 Å². The molecule has 1 unspecified atom stereocenters. The molecule has 0 spiro atoms. The molecule has 0 radical (unpaired) electrons. The number of methoxy groups -OCH3 is 1. The fourth-order valence-electron chi connectivity index (χ4n) is 1.11. The molecule has 0 bridgehead atoms. The lowest BCUT2D eigenvalue weighted by molar-refractivity contribution is 0.0481. The van der Waals surface area contributed by atoms with Gasteiger partial charge in [0.15, 0.2) is 0 Å². The van der Waals surface area contributed by atoms with E-state index in [9.17, 15) is 5.11 Å². The van der Waals surface area contributed by atoms with Crippen molar-refractivity contribution in [3.8, 4) is 0 Å². The van der Waals surface area contributed by atoms with Gasteiger partial charge in [-0.2, -0.15) is 0 Å². The summed E-state index contributed by atoms with van der Waals surface area (Å²) in [5.74, 6) is 0. The molecule has 3 nitrogen and oxygen atoms in total. The lowest BCUT2D eigenvalue weighted by Crippen LogP contribution is -2.06. The summed E-state index contributed by atoms with van der Waals surface area (Å²) in [6.45, 7) is 1.72. The molecule has 0 amide bonds. The normalized spacial score (nSPS) is 13.0. The third-order valence-electron chi connectivity index (χ3n) is 1.91. The summed E-state index contributed by atoms with van der Waals surface area (Å²) in [6.07, 6.45) is 0.171. The third kappa shape index (κ3) is 4.61. The zero-order valence-electron chi connectivity index (χ0n) is 8.61. The fraction of sp³-hybridized carbons (Fsp3) is 0.600. The summed E-state index contributed by atoms with van der Waals surface area (Å²) in [5.41, 5.74) is 0. The Morgan fingerprint density at radius 3 is 2.87 bits per heavy atom. The molecule has 1 atom stereocenters. The Balaban J connectivity index is 2.19. The molecule has 0 saturated heterocycles. The van der Waals surface area contributed by atoms with Gasteiger partial charge in [-0.25, -0.2) is 0 Å². The van der Waals surface area contributed by atoms with Crippen molar-refractivity contribution in [3.05, 3.63) is 20.8 Å². The van der Waals surface area contributed by atoms with Crippen molar-refractivity contribution in [1.29, 1.82) is 0 Å². The van der Waals surface area contributed by atoms with Crippen molar-refractivity contribution in [2.45, 2.75) is 12.5 Å².